The first-order chi connectivity index (χ1) is 15.2. The lowest BCUT2D eigenvalue weighted by atomic mass is 10.2. The molecule has 1 fully saturated rings. The molecule has 6 heterocycles. The number of H-pyrrole nitrogens is 2. The van der Waals surface area contributed by atoms with E-state index in [4.69, 9.17) is 4.98 Å². The van der Waals surface area contributed by atoms with Gasteiger partial charge < -0.3 is 14.8 Å². The Balaban J connectivity index is 1.44. The zero-order valence-corrected chi connectivity index (χ0v) is 17.5. The number of fused-ring (bicyclic) bond motifs is 2. The van der Waals surface area contributed by atoms with Crippen molar-refractivity contribution < 1.29 is 0 Å². The first-order valence-corrected chi connectivity index (χ1v) is 10.4. The van der Waals surface area contributed by atoms with E-state index < -0.39 is 0 Å². The van der Waals surface area contributed by atoms with E-state index in [-0.39, 0.29) is 0 Å². The molecule has 0 radical (unpaired) electrons. The molecule has 0 amide bonds. The second-order valence-electron chi connectivity index (χ2n) is 8.16. The number of hydrogen-bond donors (Lipinski definition) is 2. The van der Waals surface area contributed by atoms with Gasteiger partial charge in [-0.3, -0.25) is 14.8 Å². The van der Waals surface area contributed by atoms with Crippen molar-refractivity contribution >= 4 is 27.6 Å². The minimum absolute atomic E-state index is 0.807. The Morgan fingerprint density at radius 3 is 2.65 bits per heavy atom. The number of aromatic nitrogens is 7. The molecule has 1 aliphatic rings. The van der Waals surface area contributed by atoms with Crippen molar-refractivity contribution in [2.45, 2.75) is 0 Å². The molecule has 0 aliphatic carbocycles. The van der Waals surface area contributed by atoms with Crippen molar-refractivity contribution in [3.05, 3.63) is 43.0 Å². The van der Waals surface area contributed by atoms with Crippen molar-refractivity contribution in [1.29, 1.82) is 0 Å². The molecule has 0 unspecified atom stereocenters. The van der Waals surface area contributed by atoms with Crippen LogP contribution >= 0.6 is 0 Å². The van der Waals surface area contributed by atoms with Crippen LogP contribution in [0.25, 0.3) is 44.6 Å². The van der Waals surface area contributed by atoms with E-state index >= 15 is 0 Å². The first kappa shape index (κ1) is 18.1. The molecule has 9 nitrogen and oxygen atoms in total. The molecule has 156 valence electrons. The lowest BCUT2D eigenvalue weighted by molar-refractivity contribution is 0.313. The van der Waals surface area contributed by atoms with Crippen LogP contribution in [0.15, 0.2) is 43.0 Å². The molecule has 1 aliphatic heterocycles. The maximum Gasteiger partial charge on any atom is 0.135 e. The van der Waals surface area contributed by atoms with Crippen LogP contribution in [0.5, 0.6) is 0 Å². The summed E-state index contributed by atoms with van der Waals surface area (Å²) in [6.07, 6.45) is 7.63. The van der Waals surface area contributed by atoms with Crippen LogP contribution in [0.1, 0.15) is 0 Å². The maximum absolute atomic E-state index is 4.89. The fourth-order valence-electron chi connectivity index (χ4n) is 4.26. The number of nitrogens with zero attached hydrogens (tertiary/aromatic N) is 7. The van der Waals surface area contributed by atoms with E-state index in [1.54, 1.807) is 4.68 Å². The van der Waals surface area contributed by atoms with Gasteiger partial charge in [0.1, 0.15) is 11.2 Å². The third-order valence-corrected chi connectivity index (χ3v) is 6.03. The van der Waals surface area contributed by atoms with Crippen LogP contribution in [0.2, 0.25) is 0 Å². The second-order valence-corrected chi connectivity index (χ2v) is 8.16. The average Bonchev–Trinajstić information content (AvgIpc) is 3.51. The van der Waals surface area contributed by atoms with Gasteiger partial charge in [0.2, 0.25) is 0 Å². The highest BCUT2D eigenvalue weighted by Crippen LogP contribution is 2.33. The molecule has 0 bridgehead atoms. The van der Waals surface area contributed by atoms with Gasteiger partial charge in [-0.1, -0.05) is 0 Å². The van der Waals surface area contributed by atoms with Gasteiger partial charge >= 0.3 is 0 Å². The highest BCUT2D eigenvalue weighted by molar-refractivity contribution is 5.98. The third kappa shape index (κ3) is 3.05. The number of likely N-dealkylation sites (N-methyl/N-ethyl adjacent to an activating group) is 1. The van der Waals surface area contributed by atoms with Gasteiger partial charge in [0.05, 0.1) is 46.7 Å². The lowest BCUT2D eigenvalue weighted by Crippen LogP contribution is -2.44. The van der Waals surface area contributed by atoms with Crippen LogP contribution in [-0.4, -0.2) is 73.1 Å². The van der Waals surface area contributed by atoms with Crippen LogP contribution in [0.4, 0.5) is 5.69 Å². The highest BCUT2D eigenvalue weighted by Gasteiger charge is 2.19. The Kier molecular flexibility index (Phi) is 4.03. The minimum Gasteiger partial charge on any atom is -0.367 e. The molecule has 0 spiro atoms. The van der Waals surface area contributed by atoms with Gasteiger partial charge in [0, 0.05) is 50.4 Å². The predicted octanol–water partition coefficient (Wildman–Crippen LogP) is 2.65. The van der Waals surface area contributed by atoms with Crippen molar-refractivity contribution in [2.24, 2.45) is 7.05 Å². The SMILES string of the molecule is CN1CCN(c2cncc3[nH]c(-c4n[nH]c5ccc(-c6cnn(C)c6)nc45)cc23)CC1. The molecule has 0 saturated carbocycles. The molecular formula is C22H23N9. The molecule has 5 aromatic rings. The van der Waals surface area contributed by atoms with Crippen LogP contribution in [-0.2, 0) is 7.05 Å². The van der Waals surface area contributed by atoms with Gasteiger partial charge in [0.25, 0.3) is 0 Å². The Hall–Kier alpha value is -3.72. The minimum atomic E-state index is 0.807. The van der Waals surface area contributed by atoms with Crippen LogP contribution < -0.4 is 4.90 Å². The van der Waals surface area contributed by atoms with E-state index in [1.807, 2.05) is 44.0 Å². The summed E-state index contributed by atoms with van der Waals surface area (Å²) in [5.41, 5.74) is 7.50. The molecule has 5 aromatic heterocycles. The summed E-state index contributed by atoms with van der Waals surface area (Å²) in [7, 11) is 4.07. The molecule has 9 heteroatoms. The molecule has 6 rings (SSSR count). The number of rotatable bonds is 3. The van der Waals surface area contributed by atoms with E-state index in [9.17, 15) is 0 Å². The van der Waals surface area contributed by atoms with Gasteiger partial charge in [-0.05, 0) is 25.2 Å². The van der Waals surface area contributed by atoms with Crippen molar-refractivity contribution in [3.63, 3.8) is 0 Å². The number of aryl methyl sites for hydroxylation is 1. The van der Waals surface area contributed by atoms with Crippen LogP contribution in [0.3, 0.4) is 0 Å². The quantitative estimate of drug-likeness (QED) is 0.472. The van der Waals surface area contributed by atoms with Gasteiger partial charge in [-0.25, -0.2) is 4.98 Å². The number of nitrogens with one attached hydrogen (secondary N) is 2. The third-order valence-electron chi connectivity index (χ3n) is 6.03. The fraction of sp³-hybridized carbons (Fsp3) is 0.273. The fourth-order valence-corrected chi connectivity index (χ4v) is 4.26. The Labute approximate surface area is 178 Å². The normalized spacial score (nSPS) is 15.4. The number of aromatic amines is 2. The molecule has 2 N–H and O–H groups in total. The summed E-state index contributed by atoms with van der Waals surface area (Å²) in [6.45, 7) is 4.11. The Bertz CT molecular complexity index is 1380. The maximum atomic E-state index is 4.89. The summed E-state index contributed by atoms with van der Waals surface area (Å²) in [6, 6.07) is 6.17. The van der Waals surface area contributed by atoms with Crippen molar-refractivity contribution in [1.82, 2.24) is 39.8 Å². The molecule has 31 heavy (non-hydrogen) atoms. The average molecular weight is 413 g/mol. The van der Waals surface area contributed by atoms with Crippen molar-refractivity contribution in [3.8, 4) is 22.6 Å². The largest absolute Gasteiger partial charge is 0.367 e. The van der Waals surface area contributed by atoms with Gasteiger partial charge in [0.15, 0.2) is 0 Å². The summed E-state index contributed by atoms with van der Waals surface area (Å²) < 4.78 is 1.78. The summed E-state index contributed by atoms with van der Waals surface area (Å²) >= 11 is 0. The van der Waals surface area contributed by atoms with Gasteiger partial charge in [-0.2, -0.15) is 10.2 Å². The second kappa shape index (κ2) is 6.92. The van der Waals surface area contributed by atoms with E-state index in [1.165, 1.54) is 0 Å². The molecular weight excluding hydrogens is 390 g/mol. The zero-order valence-electron chi connectivity index (χ0n) is 17.5. The highest BCUT2D eigenvalue weighted by atomic mass is 15.3. The van der Waals surface area contributed by atoms with Gasteiger partial charge in [-0.15, -0.1) is 0 Å². The van der Waals surface area contributed by atoms with E-state index in [0.29, 0.717) is 0 Å². The summed E-state index contributed by atoms with van der Waals surface area (Å²) in [5.74, 6) is 0. The monoisotopic (exact) mass is 413 g/mol. The number of anilines is 1. The first-order valence-electron chi connectivity index (χ1n) is 10.4. The van der Waals surface area contributed by atoms with Crippen LogP contribution in [0, 0.1) is 0 Å². The number of hydrogen-bond acceptors (Lipinski definition) is 6. The summed E-state index contributed by atoms with van der Waals surface area (Å²) in [4.78, 5) is 17.6. The molecule has 1 saturated heterocycles. The standard InChI is InChI=1S/C22H23N9/c1-29-5-7-31(8-6-29)20-12-23-11-19-15(20)9-18(25-19)22-21-17(27-28-22)4-3-16(26-21)14-10-24-30(2)13-14/h3-4,9-13,25H,5-8H2,1-2H3,(H,27,28). The summed E-state index contributed by atoms with van der Waals surface area (Å²) in [5, 5.41) is 13.1. The smallest absolute Gasteiger partial charge is 0.135 e. The van der Waals surface area contributed by atoms with Crippen molar-refractivity contribution in [2.75, 3.05) is 38.1 Å². The van der Waals surface area contributed by atoms with E-state index in [0.717, 1.165) is 76.4 Å². The number of pyridine rings is 2. The Morgan fingerprint density at radius 1 is 0.968 bits per heavy atom. The number of piperazine rings is 1. The zero-order chi connectivity index (χ0) is 20.9. The predicted molar refractivity (Wildman–Crippen MR) is 121 cm³/mol. The topological polar surface area (TPSA) is 94.5 Å². The lowest BCUT2D eigenvalue weighted by Gasteiger charge is -2.34. The van der Waals surface area contributed by atoms with E-state index in [2.05, 4.69) is 48.2 Å². The molecule has 0 aromatic carbocycles. The Morgan fingerprint density at radius 2 is 1.84 bits per heavy atom. The molecule has 0 atom stereocenters.